The van der Waals surface area contributed by atoms with Crippen LogP contribution in [0, 0.1) is 0 Å². The van der Waals surface area contributed by atoms with Gasteiger partial charge in [0.25, 0.3) is 0 Å². The minimum Gasteiger partial charge on any atom is -0.493 e. The third kappa shape index (κ3) is 4.31. The van der Waals surface area contributed by atoms with Gasteiger partial charge in [-0.1, -0.05) is 13.0 Å². The van der Waals surface area contributed by atoms with Gasteiger partial charge in [-0.25, -0.2) is 9.97 Å². The van der Waals surface area contributed by atoms with Crippen molar-refractivity contribution in [1.29, 1.82) is 0 Å². The highest BCUT2D eigenvalue weighted by Crippen LogP contribution is 2.41. The Morgan fingerprint density at radius 2 is 2.00 bits per heavy atom. The van der Waals surface area contributed by atoms with Crippen LogP contribution in [0.3, 0.4) is 0 Å². The predicted molar refractivity (Wildman–Crippen MR) is 138 cm³/mol. The lowest BCUT2D eigenvalue weighted by molar-refractivity contribution is 0.277. The summed E-state index contributed by atoms with van der Waals surface area (Å²) in [6, 6.07) is 10.4. The molecular weight excluding hydrogens is 446 g/mol. The number of nitrogens with zero attached hydrogens (tertiary/aromatic N) is 4. The first-order valence-electron chi connectivity index (χ1n) is 11.6. The fraction of sp³-hybridized carbons (Fsp3) is 0.346. The molecule has 0 bridgehead atoms. The number of rotatable bonds is 8. The van der Waals surface area contributed by atoms with Gasteiger partial charge in [-0.3, -0.25) is 9.88 Å². The van der Waals surface area contributed by atoms with Crippen LogP contribution in [0.1, 0.15) is 19.8 Å². The van der Waals surface area contributed by atoms with E-state index in [2.05, 4.69) is 33.6 Å². The van der Waals surface area contributed by atoms with Crippen molar-refractivity contribution in [3.05, 3.63) is 48.1 Å². The smallest absolute Gasteiger partial charge is 0.164 e. The number of pyridine rings is 1. The summed E-state index contributed by atoms with van der Waals surface area (Å²) in [4.78, 5) is 17.6. The Morgan fingerprint density at radius 1 is 1.12 bits per heavy atom. The van der Waals surface area contributed by atoms with E-state index in [1.165, 1.54) is 12.8 Å². The molecule has 1 saturated heterocycles. The second-order valence-electron chi connectivity index (χ2n) is 8.34. The Bertz CT molecular complexity index is 1280. The molecule has 4 aromatic rings. The molecule has 1 aromatic carbocycles. The zero-order valence-corrected chi connectivity index (χ0v) is 20.6. The van der Waals surface area contributed by atoms with Crippen molar-refractivity contribution in [3.63, 3.8) is 0 Å². The van der Waals surface area contributed by atoms with E-state index in [9.17, 15) is 0 Å². The second-order valence-corrected chi connectivity index (χ2v) is 9.20. The lowest BCUT2D eigenvalue weighted by atomic mass is 10.0. The molecule has 1 fully saturated rings. The molecule has 0 amide bonds. The molecule has 0 aliphatic carbocycles. The highest BCUT2D eigenvalue weighted by molar-refractivity contribution is 7.17. The molecule has 0 radical (unpaired) electrons. The van der Waals surface area contributed by atoms with Crippen LogP contribution in [-0.2, 0) is 0 Å². The molecule has 176 valence electrons. The molecule has 7 nitrogen and oxygen atoms in total. The molecule has 1 aliphatic heterocycles. The van der Waals surface area contributed by atoms with Crippen LogP contribution < -0.4 is 14.8 Å². The van der Waals surface area contributed by atoms with E-state index in [1.54, 1.807) is 31.8 Å². The number of hydrogen-bond donors (Lipinski definition) is 1. The zero-order chi connectivity index (χ0) is 23.5. The number of nitrogens with one attached hydrogen (secondary N) is 1. The van der Waals surface area contributed by atoms with Gasteiger partial charge in [0.05, 0.1) is 19.6 Å². The fourth-order valence-corrected chi connectivity index (χ4v) is 5.61. The topological polar surface area (TPSA) is 72.4 Å². The first-order chi connectivity index (χ1) is 16.7. The van der Waals surface area contributed by atoms with Crippen molar-refractivity contribution in [1.82, 2.24) is 19.9 Å². The van der Waals surface area contributed by atoms with E-state index < -0.39 is 0 Å². The van der Waals surface area contributed by atoms with Crippen molar-refractivity contribution < 1.29 is 9.47 Å². The van der Waals surface area contributed by atoms with Gasteiger partial charge in [0.1, 0.15) is 10.6 Å². The summed E-state index contributed by atoms with van der Waals surface area (Å²) in [7, 11) is 3.31. The van der Waals surface area contributed by atoms with Crippen LogP contribution in [-0.4, -0.2) is 59.7 Å². The van der Waals surface area contributed by atoms with Crippen molar-refractivity contribution in [2.75, 3.05) is 39.2 Å². The van der Waals surface area contributed by atoms with Crippen molar-refractivity contribution >= 4 is 27.4 Å². The Hall–Kier alpha value is -3.23. The predicted octanol–water partition coefficient (Wildman–Crippen LogP) is 5.33. The normalized spacial score (nSPS) is 16.1. The lowest BCUT2D eigenvalue weighted by Crippen LogP contribution is -2.34. The van der Waals surface area contributed by atoms with Crippen LogP contribution in [0.2, 0.25) is 0 Å². The summed E-state index contributed by atoms with van der Waals surface area (Å²) in [6.45, 7) is 5.32. The number of methoxy groups -OCH3 is 2. The molecule has 4 heterocycles. The Labute approximate surface area is 203 Å². The van der Waals surface area contributed by atoms with Gasteiger partial charge in [0.2, 0.25) is 0 Å². The molecular formula is C26H29N5O2S. The maximum absolute atomic E-state index is 5.55. The summed E-state index contributed by atoms with van der Waals surface area (Å²) < 4.78 is 11.0. The molecule has 1 unspecified atom stereocenters. The van der Waals surface area contributed by atoms with Gasteiger partial charge in [0.15, 0.2) is 17.3 Å². The van der Waals surface area contributed by atoms with Crippen molar-refractivity contribution in [3.8, 4) is 34.0 Å². The van der Waals surface area contributed by atoms with Crippen LogP contribution in [0.25, 0.3) is 32.7 Å². The number of thiophene rings is 1. The minimum atomic E-state index is 0.514. The summed E-state index contributed by atoms with van der Waals surface area (Å²) >= 11 is 1.62. The number of benzene rings is 1. The third-order valence-electron chi connectivity index (χ3n) is 6.46. The number of hydrogen-bond acceptors (Lipinski definition) is 8. The molecule has 5 rings (SSSR count). The standard InChI is InChI=1S/C26H29N5O2S/c1-4-31-12-6-8-19(31)15-28-25-23-20(17-9-10-21(32-2)22(13-17)33-3)16-34-26(23)30-24(29-25)18-7-5-11-27-14-18/h5,7,9-11,13-14,16,19H,4,6,8,12,15H2,1-3H3,(H,28,29,30). The van der Waals surface area contributed by atoms with Crippen LogP contribution in [0.4, 0.5) is 5.82 Å². The van der Waals surface area contributed by atoms with Gasteiger partial charge in [-0.2, -0.15) is 0 Å². The minimum absolute atomic E-state index is 0.514. The monoisotopic (exact) mass is 475 g/mol. The number of fused-ring (bicyclic) bond motifs is 1. The largest absolute Gasteiger partial charge is 0.493 e. The van der Waals surface area contributed by atoms with Gasteiger partial charge in [-0.05, 0) is 55.8 Å². The van der Waals surface area contributed by atoms with E-state index in [4.69, 9.17) is 19.4 Å². The van der Waals surface area contributed by atoms with Gasteiger partial charge in [-0.15, -0.1) is 11.3 Å². The average molecular weight is 476 g/mol. The molecule has 0 spiro atoms. The van der Waals surface area contributed by atoms with E-state index in [0.717, 1.165) is 52.4 Å². The molecule has 34 heavy (non-hydrogen) atoms. The fourth-order valence-electron chi connectivity index (χ4n) is 4.67. The van der Waals surface area contributed by atoms with Gasteiger partial charge < -0.3 is 14.8 Å². The molecule has 3 aromatic heterocycles. The second kappa shape index (κ2) is 9.95. The molecule has 1 aliphatic rings. The van der Waals surface area contributed by atoms with Crippen molar-refractivity contribution in [2.45, 2.75) is 25.8 Å². The highest BCUT2D eigenvalue weighted by Gasteiger charge is 2.24. The SMILES string of the molecule is CCN1CCCC1CNc1nc(-c2cccnc2)nc2scc(-c3ccc(OC)c(OC)c3)c12. The zero-order valence-electron chi connectivity index (χ0n) is 19.7. The van der Waals surface area contributed by atoms with Gasteiger partial charge >= 0.3 is 0 Å². The maximum atomic E-state index is 5.55. The van der Waals surface area contributed by atoms with Crippen LogP contribution >= 0.6 is 11.3 Å². The van der Waals surface area contributed by atoms with Crippen LogP contribution in [0.5, 0.6) is 11.5 Å². The summed E-state index contributed by atoms with van der Waals surface area (Å²) in [6.07, 6.45) is 6.02. The Morgan fingerprint density at radius 3 is 2.76 bits per heavy atom. The van der Waals surface area contributed by atoms with E-state index in [0.29, 0.717) is 23.4 Å². The molecule has 1 atom stereocenters. The third-order valence-corrected chi connectivity index (χ3v) is 7.33. The van der Waals surface area contributed by atoms with E-state index in [1.807, 2.05) is 30.5 Å². The van der Waals surface area contributed by atoms with E-state index >= 15 is 0 Å². The highest BCUT2D eigenvalue weighted by atomic mass is 32.1. The Kier molecular flexibility index (Phi) is 6.60. The number of anilines is 1. The average Bonchev–Trinajstić information content (AvgIpc) is 3.54. The van der Waals surface area contributed by atoms with E-state index in [-0.39, 0.29) is 0 Å². The quantitative estimate of drug-likeness (QED) is 0.369. The van der Waals surface area contributed by atoms with Crippen molar-refractivity contribution in [2.24, 2.45) is 0 Å². The lowest BCUT2D eigenvalue weighted by Gasteiger charge is -2.23. The maximum Gasteiger partial charge on any atom is 0.164 e. The summed E-state index contributed by atoms with van der Waals surface area (Å²) in [5.41, 5.74) is 3.03. The first kappa shape index (κ1) is 22.6. The van der Waals surface area contributed by atoms with Crippen LogP contribution in [0.15, 0.2) is 48.1 Å². The number of aromatic nitrogens is 3. The molecule has 0 saturated carbocycles. The molecule has 1 N–H and O–H groups in total. The number of likely N-dealkylation sites (N-methyl/N-ethyl adjacent to an activating group) is 1. The number of likely N-dealkylation sites (tertiary alicyclic amines) is 1. The van der Waals surface area contributed by atoms with Gasteiger partial charge in [0, 0.05) is 41.5 Å². The number of ether oxygens (including phenoxy) is 2. The molecule has 8 heteroatoms. The summed E-state index contributed by atoms with van der Waals surface area (Å²) in [5.74, 6) is 2.95. The summed E-state index contributed by atoms with van der Waals surface area (Å²) in [5, 5.41) is 6.87. The Balaban J connectivity index is 1.59. The first-order valence-corrected chi connectivity index (χ1v) is 12.5.